The Balaban J connectivity index is 1.48. The van der Waals surface area contributed by atoms with Gasteiger partial charge in [-0.3, -0.25) is 24.1 Å². The van der Waals surface area contributed by atoms with Gasteiger partial charge in [-0.15, -0.1) is 0 Å². The van der Waals surface area contributed by atoms with E-state index >= 15 is 0 Å². The minimum atomic E-state index is -0.612. The third-order valence-electron chi connectivity index (χ3n) is 5.01. The van der Waals surface area contributed by atoms with Crippen LogP contribution >= 0.6 is 0 Å². The number of ether oxygens (including phenoxy) is 1. The maximum Gasteiger partial charge on any atom is 0.308 e. The molecule has 0 N–H and O–H groups in total. The van der Waals surface area contributed by atoms with Gasteiger partial charge in [0.15, 0.2) is 6.61 Å². The third kappa shape index (κ3) is 4.13. The molecule has 1 heterocycles. The van der Waals surface area contributed by atoms with Crippen molar-refractivity contribution in [2.45, 2.75) is 39.0 Å². The number of allylic oxidation sites excluding steroid dienone is 2. The molecule has 7 heteroatoms. The second kappa shape index (κ2) is 8.82. The van der Waals surface area contributed by atoms with Crippen LogP contribution in [0.4, 0.5) is 0 Å². The van der Waals surface area contributed by atoms with Crippen molar-refractivity contribution in [1.82, 2.24) is 9.80 Å². The molecular weight excluding hydrogens is 360 g/mol. The normalized spacial score (nSPS) is 15.9. The van der Waals surface area contributed by atoms with Crippen LogP contribution in [0, 0.1) is 0 Å². The van der Waals surface area contributed by atoms with Crippen molar-refractivity contribution in [2.24, 2.45) is 0 Å². The number of rotatable bonds is 7. The summed E-state index contributed by atoms with van der Waals surface area (Å²) < 4.78 is 5.08. The Kier molecular flexibility index (Phi) is 6.23. The molecule has 3 rings (SSSR count). The second-order valence-corrected chi connectivity index (χ2v) is 6.80. The van der Waals surface area contributed by atoms with E-state index in [0.29, 0.717) is 17.7 Å². The van der Waals surface area contributed by atoms with E-state index in [1.807, 2.05) is 6.92 Å². The van der Waals surface area contributed by atoms with E-state index in [1.165, 1.54) is 0 Å². The number of hydrogen-bond acceptors (Lipinski definition) is 5. The van der Waals surface area contributed by atoms with Crippen LogP contribution in [0.1, 0.15) is 59.7 Å². The molecule has 7 nitrogen and oxygen atoms in total. The van der Waals surface area contributed by atoms with Gasteiger partial charge in [0.05, 0.1) is 17.5 Å². The zero-order valence-corrected chi connectivity index (χ0v) is 16.0. The van der Waals surface area contributed by atoms with Gasteiger partial charge in [-0.25, -0.2) is 0 Å². The number of esters is 1. The quantitative estimate of drug-likeness (QED) is 0.533. The summed E-state index contributed by atoms with van der Waals surface area (Å²) in [5.74, 6) is -1.69. The van der Waals surface area contributed by atoms with E-state index in [4.69, 9.17) is 4.74 Å². The van der Waals surface area contributed by atoms with Crippen molar-refractivity contribution in [2.75, 3.05) is 19.7 Å². The molecule has 1 aromatic rings. The van der Waals surface area contributed by atoms with Gasteiger partial charge in [0.1, 0.15) is 0 Å². The summed E-state index contributed by atoms with van der Waals surface area (Å²) in [5, 5.41) is 0. The van der Waals surface area contributed by atoms with Gasteiger partial charge < -0.3 is 9.64 Å². The lowest BCUT2D eigenvalue weighted by molar-refractivity contribution is -0.151. The minimum Gasteiger partial charge on any atom is -0.455 e. The highest BCUT2D eigenvalue weighted by Gasteiger charge is 2.35. The number of hydrogen-bond donors (Lipinski definition) is 0. The van der Waals surface area contributed by atoms with E-state index in [9.17, 15) is 19.2 Å². The van der Waals surface area contributed by atoms with Crippen molar-refractivity contribution in [3.8, 4) is 0 Å². The lowest BCUT2D eigenvalue weighted by Gasteiger charge is -2.26. The van der Waals surface area contributed by atoms with Crippen LogP contribution in [0.2, 0.25) is 0 Å². The lowest BCUT2D eigenvalue weighted by atomic mass is 10.0. The SMILES string of the molecule is CCN(C(=O)COC(=O)CCN1C(=O)c2ccccc2C1=O)C1=CCCCC1. The molecule has 3 amide bonds. The van der Waals surface area contributed by atoms with Gasteiger partial charge in [0.2, 0.25) is 0 Å². The fourth-order valence-electron chi connectivity index (χ4n) is 3.54. The average Bonchev–Trinajstić information content (AvgIpc) is 2.96. The molecule has 148 valence electrons. The Morgan fingerprint density at radius 1 is 1.11 bits per heavy atom. The maximum absolute atomic E-state index is 12.4. The number of amides is 3. The van der Waals surface area contributed by atoms with E-state index in [0.717, 1.165) is 36.3 Å². The topological polar surface area (TPSA) is 84.0 Å². The first-order chi connectivity index (χ1) is 13.5. The summed E-state index contributed by atoms with van der Waals surface area (Å²) in [4.78, 5) is 51.6. The Morgan fingerprint density at radius 2 is 1.79 bits per heavy atom. The molecule has 0 atom stereocenters. The van der Waals surface area contributed by atoms with Gasteiger partial charge in [-0.1, -0.05) is 18.2 Å². The lowest BCUT2D eigenvalue weighted by Crippen LogP contribution is -2.35. The fourth-order valence-corrected chi connectivity index (χ4v) is 3.54. The number of imide groups is 1. The Morgan fingerprint density at radius 3 is 2.36 bits per heavy atom. The Bertz CT molecular complexity index is 795. The predicted octanol–water partition coefficient (Wildman–Crippen LogP) is 2.52. The number of likely N-dealkylation sites (N-methyl/N-ethyl adjacent to an activating group) is 1. The zero-order valence-electron chi connectivity index (χ0n) is 16.0. The fraction of sp³-hybridized carbons (Fsp3) is 0.429. The van der Waals surface area contributed by atoms with Crippen LogP contribution in [0.25, 0.3) is 0 Å². The number of fused-ring (bicyclic) bond motifs is 1. The first-order valence-electron chi connectivity index (χ1n) is 9.63. The molecule has 0 aromatic heterocycles. The molecule has 0 saturated carbocycles. The van der Waals surface area contributed by atoms with Crippen LogP contribution < -0.4 is 0 Å². The van der Waals surface area contributed by atoms with Gasteiger partial charge in [0.25, 0.3) is 17.7 Å². The van der Waals surface area contributed by atoms with E-state index in [1.54, 1.807) is 29.2 Å². The Labute approximate surface area is 163 Å². The van der Waals surface area contributed by atoms with Crippen molar-refractivity contribution in [3.05, 3.63) is 47.2 Å². The molecule has 1 aliphatic heterocycles. The highest BCUT2D eigenvalue weighted by atomic mass is 16.5. The number of nitrogens with zero attached hydrogens (tertiary/aromatic N) is 2. The maximum atomic E-state index is 12.4. The summed E-state index contributed by atoms with van der Waals surface area (Å²) in [6.07, 6.45) is 5.91. The van der Waals surface area contributed by atoms with Crippen molar-refractivity contribution in [3.63, 3.8) is 0 Å². The van der Waals surface area contributed by atoms with E-state index in [2.05, 4.69) is 6.08 Å². The van der Waals surface area contributed by atoms with Gasteiger partial charge in [0, 0.05) is 18.8 Å². The van der Waals surface area contributed by atoms with Gasteiger partial charge in [-0.2, -0.15) is 0 Å². The van der Waals surface area contributed by atoms with E-state index in [-0.39, 0.29) is 25.5 Å². The van der Waals surface area contributed by atoms with Crippen LogP contribution in [-0.4, -0.2) is 53.2 Å². The second-order valence-electron chi connectivity index (χ2n) is 6.80. The molecule has 0 bridgehead atoms. The summed E-state index contributed by atoms with van der Waals surface area (Å²) in [6, 6.07) is 6.56. The molecule has 1 aliphatic carbocycles. The van der Waals surface area contributed by atoms with Crippen LogP contribution in [-0.2, 0) is 14.3 Å². The molecule has 2 aliphatic rings. The van der Waals surface area contributed by atoms with Crippen LogP contribution in [0.5, 0.6) is 0 Å². The molecule has 1 aromatic carbocycles. The average molecular weight is 384 g/mol. The molecule has 0 radical (unpaired) electrons. The number of carbonyl (C=O) groups is 4. The largest absolute Gasteiger partial charge is 0.455 e. The highest BCUT2D eigenvalue weighted by Crippen LogP contribution is 2.23. The van der Waals surface area contributed by atoms with Crippen molar-refractivity contribution < 1.29 is 23.9 Å². The summed E-state index contributed by atoms with van der Waals surface area (Å²) in [6.45, 7) is 2.00. The molecule has 0 unspecified atom stereocenters. The predicted molar refractivity (Wildman–Crippen MR) is 101 cm³/mol. The number of benzene rings is 1. The molecule has 0 spiro atoms. The number of carbonyl (C=O) groups excluding carboxylic acids is 4. The summed E-state index contributed by atoms with van der Waals surface area (Å²) in [7, 11) is 0. The van der Waals surface area contributed by atoms with Gasteiger partial charge >= 0.3 is 5.97 Å². The van der Waals surface area contributed by atoms with Gasteiger partial charge in [-0.05, 0) is 44.7 Å². The van der Waals surface area contributed by atoms with Crippen molar-refractivity contribution >= 4 is 23.7 Å². The first kappa shape index (κ1) is 19.8. The zero-order chi connectivity index (χ0) is 20.1. The third-order valence-corrected chi connectivity index (χ3v) is 5.01. The van der Waals surface area contributed by atoms with Crippen molar-refractivity contribution in [1.29, 1.82) is 0 Å². The standard InChI is InChI=1S/C21H24N2O5/c1-2-22(15-8-4-3-5-9-15)18(24)14-28-19(25)12-13-23-20(26)16-10-6-7-11-17(16)21(23)27/h6-8,10-11H,2-5,9,12-14H2,1H3. The van der Waals surface area contributed by atoms with Crippen LogP contribution in [0.15, 0.2) is 36.0 Å². The Hall–Kier alpha value is -2.96. The highest BCUT2D eigenvalue weighted by molar-refractivity contribution is 6.21. The van der Waals surface area contributed by atoms with E-state index < -0.39 is 17.8 Å². The smallest absolute Gasteiger partial charge is 0.308 e. The minimum absolute atomic E-state index is 0.0674. The molecule has 0 fully saturated rings. The monoisotopic (exact) mass is 384 g/mol. The summed E-state index contributed by atoms with van der Waals surface area (Å²) in [5.41, 5.74) is 1.67. The summed E-state index contributed by atoms with van der Waals surface area (Å²) >= 11 is 0. The molecule has 0 saturated heterocycles. The van der Waals surface area contributed by atoms with Crippen LogP contribution in [0.3, 0.4) is 0 Å². The molecule has 28 heavy (non-hydrogen) atoms. The molecular formula is C21H24N2O5. The first-order valence-corrected chi connectivity index (χ1v) is 9.63.